The van der Waals surface area contributed by atoms with Crippen LogP contribution in [0.5, 0.6) is 5.88 Å². The van der Waals surface area contributed by atoms with Crippen molar-refractivity contribution in [2.45, 2.75) is 33.1 Å². The summed E-state index contributed by atoms with van der Waals surface area (Å²) in [4.78, 5) is 8.50. The molecule has 0 bridgehead atoms. The normalized spacial score (nSPS) is 10.3. The number of ether oxygens (including phenoxy) is 1. The first kappa shape index (κ1) is 13.7. The lowest BCUT2D eigenvalue weighted by Gasteiger charge is -2.08. The van der Waals surface area contributed by atoms with Gasteiger partial charge in [-0.25, -0.2) is 4.98 Å². The molecule has 5 nitrogen and oxygen atoms in total. The van der Waals surface area contributed by atoms with Crippen LogP contribution in [0.15, 0.2) is 6.07 Å². The van der Waals surface area contributed by atoms with Crippen molar-refractivity contribution in [3.05, 3.63) is 11.9 Å². The lowest BCUT2D eigenvalue weighted by Crippen LogP contribution is -2.07. The van der Waals surface area contributed by atoms with Crippen LogP contribution in [0.4, 0.5) is 5.82 Å². The van der Waals surface area contributed by atoms with Crippen LogP contribution >= 0.6 is 0 Å². The summed E-state index contributed by atoms with van der Waals surface area (Å²) in [6.45, 7) is 6.09. The van der Waals surface area contributed by atoms with Crippen molar-refractivity contribution in [1.29, 1.82) is 0 Å². The summed E-state index contributed by atoms with van der Waals surface area (Å²) in [6.07, 6.45) is 3.32. The molecule has 0 fully saturated rings. The van der Waals surface area contributed by atoms with Gasteiger partial charge >= 0.3 is 0 Å². The first-order chi connectivity index (χ1) is 8.26. The smallest absolute Gasteiger partial charge is 0.218 e. The second kappa shape index (κ2) is 7.84. The van der Waals surface area contributed by atoms with Crippen molar-refractivity contribution in [1.82, 2.24) is 9.97 Å². The van der Waals surface area contributed by atoms with Crippen LogP contribution in [0.3, 0.4) is 0 Å². The number of nitrogens with two attached hydrogens (primary N) is 1. The van der Waals surface area contributed by atoms with Crippen LogP contribution in [-0.2, 0) is 0 Å². The summed E-state index contributed by atoms with van der Waals surface area (Å²) < 4.78 is 5.36. The standard InChI is InChI=1S/C12H22N4O/c1-3-17-12-9-11(15-10(2)16-12)14-8-6-4-5-7-13/h9H,3-8,13H2,1-2H3,(H,14,15,16). The molecule has 96 valence electrons. The quantitative estimate of drug-likeness (QED) is 0.675. The fraction of sp³-hybridized carbons (Fsp3) is 0.667. The van der Waals surface area contributed by atoms with Crippen molar-refractivity contribution in [3.63, 3.8) is 0 Å². The van der Waals surface area contributed by atoms with E-state index in [0.29, 0.717) is 12.5 Å². The Bertz CT molecular complexity index is 330. The molecule has 5 heteroatoms. The zero-order valence-corrected chi connectivity index (χ0v) is 10.7. The Labute approximate surface area is 103 Å². The van der Waals surface area contributed by atoms with E-state index in [1.165, 1.54) is 0 Å². The first-order valence-corrected chi connectivity index (χ1v) is 6.18. The van der Waals surface area contributed by atoms with E-state index in [4.69, 9.17) is 10.5 Å². The molecule has 0 amide bonds. The third-order valence-electron chi connectivity index (χ3n) is 2.29. The Morgan fingerprint density at radius 3 is 2.82 bits per heavy atom. The molecule has 1 aromatic heterocycles. The van der Waals surface area contributed by atoms with E-state index in [0.717, 1.165) is 44.0 Å². The Morgan fingerprint density at radius 1 is 1.29 bits per heavy atom. The third-order valence-corrected chi connectivity index (χ3v) is 2.29. The van der Waals surface area contributed by atoms with Crippen LogP contribution < -0.4 is 15.8 Å². The van der Waals surface area contributed by atoms with Gasteiger partial charge in [0.2, 0.25) is 5.88 Å². The summed E-state index contributed by atoms with van der Waals surface area (Å²) in [7, 11) is 0. The van der Waals surface area contributed by atoms with Crippen molar-refractivity contribution < 1.29 is 4.74 Å². The fourth-order valence-electron chi connectivity index (χ4n) is 1.52. The largest absolute Gasteiger partial charge is 0.478 e. The van der Waals surface area contributed by atoms with Crippen molar-refractivity contribution in [3.8, 4) is 5.88 Å². The molecule has 0 unspecified atom stereocenters. The van der Waals surface area contributed by atoms with E-state index in [-0.39, 0.29) is 0 Å². The highest BCUT2D eigenvalue weighted by atomic mass is 16.5. The number of nitrogens with one attached hydrogen (secondary N) is 1. The summed E-state index contributed by atoms with van der Waals surface area (Å²) in [5, 5.41) is 3.27. The number of nitrogens with zero attached hydrogens (tertiary/aromatic N) is 2. The molecule has 1 rings (SSSR count). The molecule has 17 heavy (non-hydrogen) atoms. The number of aryl methyl sites for hydroxylation is 1. The minimum atomic E-state index is 0.617. The maximum atomic E-state index is 5.44. The SMILES string of the molecule is CCOc1cc(NCCCCCN)nc(C)n1. The van der Waals surface area contributed by atoms with Gasteiger partial charge in [-0.15, -0.1) is 0 Å². The highest BCUT2D eigenvalue weighted by molar-refractivity contribution is 5.38. The van der Waals surface area contributed by atoms with Crippen molar-refractivity contribution in [2.24, 2.45) is 5.73 Å². The van der Waals surface area contributed by atoms with Crippen LogP contribution in [0.1, 0.15) is 32.0 Å². The average Bonchev–Trinajstić information content (AvgIpc) is 2.28. The Kier molecular flexibility index (Phi) is 6.32. The second-order valence-corrected chi connectivity index (χ2v) is 3.85. The van der Waals surface area contributed by atoms with Crippen LogP contribution in [0.25, 0.3) is 0 Å². The van der Waals surface area contributed by atoms with Crippen LogP contribution in [-0.4, -0.2) is 29.7 Å². The van der Waals surface area contributed by atoms with Crippen LogP contribution in [0.2, 0.25) is 0 Å². The molecule has 0 spiro atoms. The number of unbranched alkanes of at least 4 members (excludes halogenated alkanes) is 2. The number of rotatable bonds is 8. The zero-order valence-electron chi connectivity index (χ0n) is 10.7. The molecule has 0 aromatic carbocycles. The van der Waals surface area contributed by atoms with E-state index in [1.807, 2.05) is 19.9 Å². The van der Waals surface area contributed by atoms with Gasteiger partial charge in [0.15, 0.2) is 0 Å². The molecule has 3 N–H and O–H groups in total. The highest BCUT2D eigenvalue weighted by Gasteiger charge is 2.01. The lowest BCUT2D eigenvalue weighted by atomic mass is 10.2. The molecule has 1 aromatic rings. The van der Waals surface area contributed by atoms with Crippen molar-refractivity contribution in [2.75, 3.05) is 25.0 Å². The predicted molar refractivity (Wildman–Crippen MR) is 69.3 cm³/mol. The van der Waals surface area contributed by atoms with Gasteiger partial charge < -0.3 is 15.8 Å². The summed E-state index contributed by atoms with van der Waals surface area (Å²) in [6, 6.07) is 1.83. The topological polar surface area (TPSA) is 73.1 Å². The number of hydrogen-bond acceptors (Lipinski definition) is 5. The molecule has 0 saturated heterocycles. The van der Waals surface area contributed by atoms with Gasteiger partial charge in [-0.1, -0.05) is 6.42 Å². The molecule has 0 atom stereocenters. The Hall–Kier alpha value is -1.36. The lowest BCUT2D eigenvalue weighted by molar-refractivity contribution is 0.325. The third kappa shape index (κ3) is 5.49. The molecule has 0 aliphatic carbocycles. The molecule has 1 heterocycles. The maximum absolute atomic E-state index is 5.44. The van der Waals surface area contributed by atoms with E-state index in [1.54, 1.807) is 0 Å². The maximum Gasteiger partial charge on any atom is 0.218 e. The average molecular weight is 238 g/mol. The molecular formula is C12H22N4O. The van der Waals surface area contributed by atoms with Crippen molar-refractivity contribution >= 4 is 5.82 Å². The molecule has 0 aliphatic heterocycles. The Balaban J connectivity index is 2.41. The minimum Gasteiger partial charge on any atom is -0.478 e. The van der Waals surface area contributed by atoms with E-state index < -0.39 is 0 Å². The highest BCUT2D eigenvalue weighted by Crippen LogP contribution is 2.13. The number of aromatic nitrogens is 2. The summed E-state index contributed by atoms with van der Waals surface area (Å²) >= 11 is 0. The van der Waals surface area contributed by atoms with Gasteiger partial charge in [0.1, 0.15) is 11.6 Å². The zero-order chi connectivity index (χ0) is 12.5. The van der Waals surface area contributed by atoms with Gasteiger partial charge in [0.05, 0.1) is 6.61 Å². The molecule has 0 radical (unpaired) electrons. The fourth-order valence-corrected chi connectivity index (χ4v) is 1.52. The van der Waals surface area contributed by atoms with Crippen LogP contribution in [0, 0.1) is 6.92 Å². The van der Waals surface area contributed by atoms with E-state index >= 15 is 0 Å². The second-order valence-electron chi connectivity index (χ2n) is 3.85. The van der Waals surface area contributed by atoms with Gasteiger partial charge in [0, 0.05) is 12.6 Å². The molecule has 0 aliphatic rings. The summed E-state index contributed by atoms with van der Waals surface area (Å²) in [5.74, 6) is 2.18. The Morgan fingerprint density at radius 2 is 2.12 bits per heavy atom. The monoisotopic (exact) mass is 238 g/mol. The molecule has 0 saturated carbocycles. The number of anilines is 1. The van der Waals surface area contributed by atoms with Gasteiger partial charge in [0.25, 0.3) is 0 Å². The number of hydrogen-bond donors (Lipinski definition) is 2. The molecular weight excluding hydrogens is 216 g/mol. The predicted octanol–water partition coefficient (Wildman–Crippen LogP) is 1.72. The van der Waals surface area contributed by atoms with Gasteiger partial charge in [-0.3, -0.25) is 0 Å². The van der Waals surface area contributed by atoms with Gasteiger partial charge in [-0.2, -0.15) is 4.98 Å². The van der Waals surface area contributed by atoms with Gasteiger partial charge in [-0.05, 0) is 33.2 Å². The van der Waals surface area contributed by atoms with E-state index in [9.17, 15) is 0 Å². The minimum absolute atomic E-state index is 0.617. The first-order valence-electron chi connectivity index (χ1n) is 6.18. The summed E-state index contributed by atoms with van der Waals surface area (Å²) in [5.41, 5.74) is 5.44. The van der Waals surface area contributed by atoms with E-state index in [2.05, 4.69) is 15.3 Å².